The molecule has 0 N–H and O–H groups in total. The maximum Gasteiger partial charge on any atom is 2.00 e. The zero-order chi connectivity index (χ0) is 9.72. The van der Waals surface area contributed by atoms with E-state index in [4.69, 9.17) is 0 Å². The first kappa shape index (κ1) is 30.0. The molecule has 0 amide bonds. The summed E-state index contributed by atoms with van der Waals surface area (Å²) in [5.41, 5.74) is 5.75. The molecule has 4 heteroatoms. The van der Waals surface area contributed by atoms with E-state index >= 15 is 0 Å². The van der Waals surface area contributed by atoms with E-state index in [1.807, 2.05) is 0 Å². The smallest absolute Gasteiger partial charge is 1.00 e. The summed E-state index contributed by atoms with van der Waals surface area (Å²) in [5, 5.41) is 3.50. The van der Waals surface area contributed by atoms with Gasteiger partial charge in [0.1, 0.15) is 0 Å². The van der Waals surface area contributed by atoms with Gasteiger partial charge in [0, 0.05) is 0 Å². The SMILES string of the molecule is C[N-]C.Cc1[cH-]c(C)c(C)c1C.[CH3-].[Cl-].[Cl-].[Ti+2]. The Morgan fingerprint density at radius 1 is 0.812 bits per heavy atom. The van der Waals surface area contributed by atoms with Gasteiger partial charge in [-0.1, -0.05) is 27.7 Å². The Labute approximate surface area is 129 Å². The third-order valence-electron chi connectivity index (χ3n) is 2.18. The van der Waals surface area contributed by atoms with Crippen molar-refractivity contribution in [2.45, 2.75) is 27.7 Å². The molecule has 0 radical (unpaired) electrons. The second-order valence-electron chi connectivity index (χ2n) is 3.21. The van der Waals surface area contributed by atoms with Gasteiger partial charge < -0.3 is 37.6 Å². The number of rotatable bonds is 0. The minimum Gasteiger partial charge on any atom is -1.00 e. The Morgan fingerprint density at radius 3 is 1.06 bits per heavy atom. The summed E-state index contributed by atoms with van der Waals surface area (Å²) in [6.45, 7) is 8.68. The maximum absolute atomic E-state index is 3.50. The second kappa shape index (κ2) is 15.6. The first-order valence-corrected chi connectivity index (χ1v) is 4.22. The minimum atomic E-state index is 0. The van der Waals surface area contributed by atoms with Crippen molar-refractivity contribution in [3.05, 3.63) is 41.1 Å². The molecule has 0 aromatic heterocycles. The fraction of sp³-hybridized carbons (Fsp3) is 0.500. The molecule has 0 spiro atoms. The Morgan fingerprint density at radius 2 is 1.00 bits per heavy atom. The van der Waals surface area contributed by atoms with Crippen LogP contribution in [0.4, 0.5) is 0 Å². The van der Waals surface area contributed by atoms with E-state index in [-0.39, 0.29) is 54.0 Å². The van der Waals surface area contributed by atoms with Crippen molar-refractivity contribution in [3.63, 3.8) is 0 Å². The third-order valence-corrected chi connectivity index (χ3v) is 2.18. The van der Waals surface area contributed by atoms with Crippen LogP contribution in [0.5, 0.6) is 0 Å². The molecule has 0 fully saturated rings. The quantitative estimate of drug-likeness (QED) is 0.378. The molecular formula is C12H22Cl2NTi-3. The molecule has 0 aliphatic rings. The Kier molecular flexibility index (Phi) is 29.3. The molecule has 1 aromatic rings. The van der Waals surface area contributed by atoms with Gasteiger partial charge in [-0.05, 0) is 0 Å². The van der Waals surface area contributed by atoms with E-state index in [1.54, 1.807) is 14.1 Å². The van der Waals surface area contributed by atoms with Crippen LogP contribution < -0.4 is 24.8 Å². The first-order valence-electron chi connectivity index (χ1n) is 4.22. The summed E-state index contributed by atoms with van der Waals surface area (Å²) >= 11 is 0. The van der Waals surface area contributed by atoms with Gasteiger partial charge in [-0.25, -0.2) is 0 Å². The molecule has 96 valence electrons. The molecule has 0 heterocycles. The zero-order valence-electron chi connectivity index (χ0n) is 11.3. The average molecular weight is 299 g/mol. The molecule has 16 heavy (non-hydrogen) atoms. The summed E-state index contributed by atoms with van der Waals surface area (Å²) in [4.78, 5) is 0. The second-order valence-corrected chi connectivity index (χ2v) is 3.21. The van der Waals surface area contributed by atoms with Crippen molar-refractivity contribution in [1.29, 1.82) is 0 Å². The molecule has 0 saturated heterocycles. The molecular weight excluding hydrogens is 277 g/mol. The summed E-state index contributed by atoms with van der Waals surface area (Å²) in [7, 11) is 3.50. The largest absolute Gasteiger partial charge is 2.00 e. The van der Waals surface area contributed by atoms with Gasteiger partial charge in [0.05, 0.1) is 0 Å². The van der Waals surface area contributed by atoms with Crippen LogP contribution in [0.1, 0.15) is 22.3 Å². The van der Waals surface area contributed by atoms with Crippen molar-refractivity contribution >= 4 is 0 Å². The third kappa shape index (κ3) is 9.80. The molecule has 1 aromatic carbocycles. The summed E-state index contributed by atoms with van der Waals surface area (Å²) in [6.07, 6.45) is 0. The van der Waals surface area contributed by atoms with Gasteiger partial charge >= 0.3 is 21.7 Å². The Bertz CT molecular complexity index is 225. The first-order chi connectivity index (χ1) is 5.54. The monoisotopic (exact) mass is 298 g/mol. The van der Waals surface area contributed by atoms with E-state index < -0.39 is 0 Å². The molecule has 1 rings (SSSR count). The zero-order valence-corrected chi connectivity index (χ0v) is 14.4. The van der Waals surface area contributed by atoms with Crippen LogP contribution in [0.2, 0.25) is 0 Å². The molecule has 0 aliphatic carbocycles. The van der Waals surface area contributed by atoms with Gasteiger partial charge in [0.25, 0.3) is 0 Å². The molecule has 0 atom stereocenters. The normalized spacial score (nSPS) is 6.88. The molecule has 1 nitrogen and oxygen atoms in total. The Balaban J connectivity index is -0.0000000528. The van der Waals surface area contributed by atoms with Crippen LogP contribution in [-0.4, -0.2) is 14.1 Å². The topological polar surface area (TPSA) is 14.1 Å². The minimum absolute atomic E-state index is 0. The van der Waals surface area contributed by atoms with Gasteiger partial charge in [-0.3, -0.25) is 0 Å². The van der Waals surface area contributed by atoms with E-state index in [1.165, 1.54) is 22.3 Å². The maximum atomic E-state index is 3.50. The fourth-order valence-electron chi connectivity index (χ4n) is 1.13. The van der Waals surface area contributed by atoms with Gasteiger partial charge in [0.2, 0.25) is 0 Å². The van der Waals surface area contributed by atoms with Crippen molar-refractivity contribution < 1.29 is 46.5 Å². The predicted molar refractivity (Wildman–Crippen MR) is 62.6 cm³/mol. The molecule has 0 aliphatic heterocycles. The average Bonchev–Trinajstić information content (AvgIpc) is 2.20. The van der Waals surface area contributed by atoms with Crippen molar-refractivity contribution in [2.24, 2.45) is 0 Å². The van der Waals surface area contributed by atoms with Crippen LogP contribution in [0.3, 0.4) is 0 Å². The van der Waals surface area contributed by atoms with Crippen LogP contribution in [0.15, 0.2) is 6.07 Å². The predicted octanol–water partition coefficient (Wildman–Crippen LogP) is -2.29. The van der Waals surface area contributed by atoms with Gasteiger partial charge in [0.15, 0.2) is 0 Å². The van der Waals surface area contributed by atoms with E-state index in [0.29, 0.717) is 0 Å². The number of nitrogens with zero attached hydrogens (tertiary/aromatic N) is 1. The number of hydrogen-bond acceptors (Lipinski definition) is 0. The van der Waals surface area contributed by atoms with Crippen LogP contribution >= 0.6 is 0 Å². The number of hydrogen-bond donors (Lipinski definition) is 0. The summed E-state index contributed by atoms with van der Waals surface area (Å²) in [6, 6.07) is 2.24. The van der Waals surface area contributed by atoms with E-state index in [9.17, 15) is 0 Å². The van der Waals surface area contributed by atoms with Crippen LogP contribution in [-0.2, 0) is 21.7 Å². The van der Waals surface area contributed by atoms with Crippen molar-refractivity contribution in [1.82, 2.24) is 0 Å². The standard InChI is InChI=1S/C9H13.C2H6N.CH3.2ClH.Ti/c1-6-5-7(2)9(4)8(6)3;1-3-2;;;;/h5H,1-4H3;1-2H3;1H3;2*1H;/q3*-1;;;+2/p-2. The van der Waals surface area contributed by atoms with Crippen LogP contribution in [0, 0.1) is 35.1 Å². The number of aryl methyl sites for hydroxylation is 2. The van der Waals surface area contributed by atoms with Gasteiger partial charge in [-0.15, -0.1) is 0 Å². The molecule has 0 bridgehead atoms. The summed E-state index contributed by atoms with van der Waals surface area (Å²) in [5.74, 6) is 0. The van der Waals surface area contributed by atoms with Crippen molar-refractivity contribution in [3.8, 4) is 0 Å². The Hall–Kier alpha value is 0.604. The van der Waals surface area contributed by atoms with E-state index in [0.717, 1.165) is 0 Å². The van der Waals surface area contributed by atoms with Crippen molar-refractivity contribution in [2.75, 3.05) is 14.1 Å². The number of halogens is 2. The fourth-order valence-corrected chi connectivity index (χ4v) is 1.13. The van der Waals surface area contributed by atoms with Crippen LogP contribution in [0.25, 0.3) is 5.32 Å². The van der Waals surface area contributed by atoms with Gasteiger partial charge in [-0.2, -0.15) is 42.4 Å². The molecule has 0 saturated carbocycles. The molecule has 0 unspecified atom stereocenters. The summed E-state index contributed by atoms with van der Waals surface area (Å²) < 4.78 is 0. The van der Waals surface area contributed by atoms with E-state index in [2.05, 4.69) is 39.1 Å².